The first kappa shape index (κ1) is 22.8. The van der Waals surface area contributed by atoms with Crippen LogP contribution in [-0.2, 0) is 14.0 Å². The van der Waals surface area contributed by atoms with E-state index in [0.717, 1.165) is 0 Å². The number of carboxylic acids is 1. The second-order valence-corrected chi connectivity index (χ2v) is 12.7. The average Bonchev–Trinajstić information content (AvgIpc) is 2.52. The molecule has 0 saturated heterocycles. The highest BCUT2D eigenvalue weighted by Gasteiger charge is 2.37. The number of ether oxygens (including phenoxy) is 1. The molecule has 0 radical (unpaired) electrons. The van der Waals surface area contributed by atoms with Gasteiger partial charge in [-0.3, -0.25) is 9.59 Å². The van der Waals surface area contributed by atoms with Crippen LogP contribution in [0.1, 0.15) is 44.5 Å². The Hall–Kier alpha value is -2.19. The molecule has 8 heteroatoms. The number of carbonyl (C=O) groups excluding carboxylic acids is 2. The van der Waals surface area contributed by atoms with Crippen LogP contribution in [0.25, 0.3) is 0 Å². The lowest BCUT2D eigenvalue weighted by molar-refractivity contribution is -0.139. The number of amides is 1. The van der Waals surface area contributed by atoms with E-state index >= 15 is 0 Å². The summed E-state index contributed by atoms with van der Waals surface area (Å²) in [6, 6.07) is 4.94. The molecule has 0 unspecified atom stereocenters. The van der Waals surface area contributed by atoms with Crippen LogP contribution in [0.4, 0.5) is 0 Å². The topological polar surface area (TPSA) is 102 Å². The van der Waals surface area contributed by atoms with Gasteiger partial charge >= 0.3 is 11.9 Å². The number of esters is 1. The van der Waals surface area contributed by atoms with Crippen LogP contribution >= 0.6 is 0 Å². The van der Waals surface area contributed by atoms with Gasteiger partial charge in [-0.05, 0) is 36.3 Å². The van der Waals surface area contributed by atoms with E-state index in [9.17, 15) is 19.5 Å². The summed E-state index contributed by atoms with van der Waals surface area (Å²) in [6.07, 6.45) is 0.164. The van der Waals surface area contributed by atoms with Crippen molar-refractivity contribution in [2.24, 2.45) is 0 Å². The molecule has 0 bridgehead atoms. The summed E-state index contributed by atoms with van der Waals surface area (Å²) >= 11 is 0. The molecule has 0 aliphatic rings. The van der Waals surface area contributed by atoms with Crippen LogP contribution in [0.3, 0.4) is 0 Å². The maximum atomic E-state index is 12.4. The molecule has 0 heterocycles. The number of carboxylic acid groups (broad SMARTS) is 1. The standard InChI is InChI=1S/C19H29NO6Si/c1-13(21)26-15-9-7-8-14(12-15)17(22)20-16(18(23)24)10-11-25-27(5,6)19(2,3)4/h7-9,12,16H,10-11H2,1-6H3,(H,20,22)(H,23,24)/t16-/m0/s1. The Bertz CT molecular complexity index is 696. The third-order valence-electron chi connectivity index (χ3n) is 4.64. The van der Waals surface area contributed by atoms with Gasteiger partial charge in [-0.1, -0.05) is 26.8 Å². The minimum atomic E-state index is -1.99. The lowest BCUT2D eigenvalue weighted by Crippen LogP contribution is -2.44. The SMILES string of the molecule is CC(=O)Oc1cccc(C(=O)N[C@@H](CCO[Si](C)(C)C(C)(C)C)C(=O)O)c1. The maximum Gasteiger partial charge on any atom is 0.326 e. The molecule has 0 spiro atoms. The zero-order valence-corrected chi connectivity index (χ0v) is 17.8. The third kappa shape index (κ3) is 7.14. The average molecular weight is 396 g/mol. The van der Waals surface area contributed by atoms with Crippen LogP contribution in [0.2, 0.25) is 18.1 Å². The molecule has 0 aliphatic carbocycles. The Morgan fingerprint density at radius 1 is 1.22 bits per heavy atom. The van der Waals surface area contributed by atoms with E-state index in [-0.39, 0.29) is 29.4 Å². The van der Waals surface area contributed by atoms with Gasteiger partial charge < -0.3 is 19.6 Å². The highest BCUT2D eigenvalue weighted by molar-refractivity contribution is 6.74. The number of benzene rings is 1. The largest absolute Gasteiger partial charge is 0.480 e. The first-order valence-corrected chi connectivity index (χ1v) is 11.7. The van der Waals surface area contributed by atoms with Crippen LogP contribution in [0, 0.1) is 0 Å². The van der Waals surface area contributed by atoms with E-state index in [1.165, 1.54) is 19.1 Å². The molecule has 1 aromatic carbocycles. The Labute approximate surface area is 161 Å². The lowest BCUT2D eigenvalue weighted by Gasteiger charge is -2.36. The fraction of sp³-hybridized carbons (Fsp3) is 0.526. The number of aliphatic carboxylic acids is 1. The predicted molar refractivity (Wildman–Crippen MR) is 104 cm³/mol. The van der Waals surface area contributed by atoms with Crippen molar-refractivity contribution in [2.75, 3.05) is 6.61 Å². The number of carbonyl (C=O) groups is 3. The molecular formula is C19H29NO6Si. The normalized spacial score (nSPS) is 13.0. The Balaban J connectivity index is 2.73. The van der Waals surface area contributed by atoms with Gasteiger partial charge in [-0.2, -0.15) is 0 Å². The van der Waals surface area contributed by atoms with Crippen molar-refractivity contribution in [3.8, 4) is 5.75 Å². The minimum Gasteiger partial charge on any atom is -0.480 e. The highest BCUT2D eigenvalue weighted by Crippen LogP contribution is 2.36. The predicted octanol–water partition coefficient (Wildman–Crippen LogP) is 3.21. The van der Waals surface area contributed by atoms with Gasteiger partial charge in [-0.25, -0.2) is 4.79 Å². The molecule has 1 amide bonds. The Morgan fingerprint density at radius 3 is 2.37 bits per heavy atom. The van der Waals surface area contributed by atoms with E-state index in [2.05, 4.69) is 39.2 Å². The summed E-state index contributed by atoms with van der Waals surface area (Å²) in [5.74, 6) is -1.95. The van der Waals surface area contributed by atoms with Gasteiger partial charge in [0.25, 0.3) is 5.91 Å². The number of hydrogen-bond acceptors (Lipinski definition) is 5. The van der Waals surface area contributed by atoms with Crippen molar-refractivity contribution in [2.45, 2.75) is 58.3 Å². The summed E-state index contributed by atoms with van der Waals surface area (Å²) in [7, 11) is -1.99. The first-order chi connectivity index (χ1) is 12.3. The molecule has 0 aliphatic heterocycles. The van der Waals surface area contributed by atoms with Gasteiger partial charge in [0, 0.05) is 25.5 Å². The summed E-state index contributed by atoms with van der Waals surface area (Å²) in [4.78, 5) is 34.9. The number of nitrogens with one attached hydrogen (secondary N) is 1. The monoisotopic (exact) mass is 395 g/mol. The summed E-state index contributed by atoms with van der Waals surface area (Å²) in [5.41, 5.74) is 0.213. The summed E-state index contributed by atoms with van der Waals surface area (Å²) < 4.78 is 10.9. The van der Waals surface area contributed by atoms with Gasteiger partial charge in [0.2, 0.25) is 0 Å². The van der Waals surface area contributed by atoms with E-state index in [0.29, 0.717) is 0 Å². The van der Waals surface area contributed by atoms with E-state index in [4.69, 9.17) is 9.16 Å². The smallest absolute Gasteiger partial charge is 0.326 e. The molecule has 150 valence electrons. The van der Waals surface area contributed by atoms with Crippen molar-refractivity contribution in [3.05, 3.63) is 29.8 Å². The van der Waals surface area contributed by atoms with Crippen molar-refractivity contribution in [1.82, 2.24) is 5.32 Å². The van der Waals surface area contributed by atoms with Crippen LogP contribution in [0.5, 0.6) is 5.75 Å². The molecule has 0 aromatic heterocycles. The van der Waals surface area contributed by atoms with Gasteiger partial charge in [-0.15, -0.1) is 0 Å². The molecule has 1 atom stereocenters. The molecule has 0 fully saturated rings. The van der Waals surface area contributed by atoms with Crippen LogP contribution in [0.15, 0.2) is 24.3 Å². The fourth-order valence-electron chi connectivity index (χ4n) is 2.01. The third-order valence-corrected chi connectivity index (χ3v) is 9.18. The number of rotatable bonds is 8. The van der Waals surface area contributed by atoms with E-state index in [1.807, 2.05) is 0 Å². The van der Waals surface area contributed by atoms with E-state index < -0.39 is 32.2 Å². The van der Waals surface area contributed by atoms with Gasteiger partial charge in [0.05, 0.1) is 0 Å². The fourth-order valence-corrected chi connectivity index (χ4v) is 3.08. The van der Waals surface area contributed by atoms with Crippen LogP contribution in [-0.4, -0.2) is 43.9 Å². The quantitative estimate of drug-likeness (QED) is 0.398. The van der Waals surface area contributed by atoms with Crippen molar-refractivity contribution >= 4 is 26.2 Å². The van der Waals surface area contributed by atoms with E-state index in [1.54, 1.807) is 12.1 Å². The lowest BCUT2D eigenvalue weighted by atomic mass is 10.1. The molecular weight excluding hydrogens is 366 g/mol. The molecule has 2 N–H and O–H groups in total. The maximum absolute atomic E-state index is 12.4. The molecule has 7 nitrogen and oxygen atoms in total. The molecule has 27 heavy (non-hydrogen) atoms. The minimum absolute atomic E-state index is 0.0200. The molecule has 1 aromatic rings. The first-order valence-electron chi connectivity index (χ1n) is 8.79. The Kier molecular flexibility index (Phi) is 7.73. The van der Waals surface area contributed by atoms with Crippen LogP contribution < -0.4 is 10.1 Å². The summed E-state index contributed by atoms with van der Waals surface area (Å²) in [5, 5.41) is 11.9. The highest BCUT2D eigenvalue weighted by atomic mass is 28.4. The second-order valence-electron chi connectivity index (χ2n) is 7.88. The second kappa shape index (κ2) is 9.14. The van der Waals surface area contributed by atoms with Crippen molar-refractivity contribution < 1.29 is 28.7 Å². The molecule has 0 saturated carbocycles. The zero-order chi connectivity index (χ0) is 20.8. The van der Waals surface area contributed by atoms with Gasteiger partial charge in [0.15, 0.2) is 8.32 Å². The number of hydrogen-bond donors (Lipinski definition) is 2. The van der Waals surface area contributed by atoms with Crippen molar-refractivity contribution in [3.63, 3.8) is 0 Å². The molecule has 1 rings (SSSR count). The summed E-state index contributed by atoms with van der Waals surface area (Å²) in [6.45, 7) is 12.0. The Morgan fingerprint density at radius 2 is 1.85 bits per heavy atom. The zero-order valence-electron chi connectivity index (χ0n) is 16.8. The van der Waals surface area contributed by atoms with Crippen molar-refractivity contribution in [1.29, 1.82) is 0 Å². The van der Waals surface area contributed by atoms with Gasteiger partial charge in [0.1, 0.15) is 11.8 Å².